The number of carboxylic acids is 1. The van der Waals surface area contributed by atoms with Crippen LogP contribution < -0.4 is 11.1 Å². The van der Waals surface area contributed by atoms with Gasteiger partial charge in [-0.05, 0) is 12.1 Å². The molecule has 4 N–H and O–H groups in total. The molecule has 1 amide bonds. The molecular weight excluding hydrogens is 278 g/mol. The van der Waals surface area contributed by atoms with Gasteiger partial charge in [0.05, 0.1) is 10.6 Å². The fourth-order valence-electron chi connectivity index (χ4n) is 1.61. The number of nitrogen functional groups attached to an aromatic ring is 1. The summed E-state index contributed by atoms with van der Waals surface area (Å²) in [4.78, 5) is 26.5. The summed E-state index contributed by atoms with van der Waals surface area (Å²) in [5, 5.41) is 13.6. The van der Waals surface area contributed by atoms with Crippen LogP contribution in [-0.2, 0) is 6.42 Å². The lowest BCUT2D eigenvalue weighted by Crippen LogP contribution is -2.26. The quantitative estimate of drug-likeness (QED) is 0.722. The van der Waals surface area contributed by atoms with Crippen LogP contribution >= 0.6 is 11.3 Å². The van der Waals surface area contributed by atoms with E-state index in [1.165, 1.54) is 16.7 Å². The molecule has 104 valence electrons. The molecule has 20 heavy (non-hydrogen) atoms. The van der Waals surface area contributed by atoms with Gasteiger partial charge in [-0.25, -0.2) is 9.78 Å². The van der Waals surface area contributed by atoms with Crippen molar-refractivity contribution >= 4 is 28.9 Å². The smallest absolute Gasteiger partial charge is 0.355 e. The Labute approximate surface area is 119 Å². The number of nitrogens with two attached hydrogens (primary N) is 1. The Morgan fingerprint density at radius 3 is 2.75 bits per heavy atom. The van der Waals surface area contributed by atoms with Crippen LogP contribution in [0.2, 0.25) is 0 Å². The van der Waals surface area contributed by atoms with Crippen LogP contribution in [-0.4, -0.2) is 28.5 Å². The topological polar surface area (TPSA) is 105 Å². The zero-order valence-corrected chi connectivity index (χ0v) is 11.3. The van der Waals surface area contributed by atoms with Gasteiger partial charge in [-0.15, -0.1) is 11.3 Å². The summed E-state index contributed by atoms with van der Waals surface area (Å²) < 4.78 is 0. The Kier molecular flexibility index (Phi) is 4.31. The molecule has 1 aromatic carbocycles. The van der Waals surface area contributed by atoms with Crippen LogP contribution in [0.3, 0.4) is 0 Å². The van der Waals surface area contributed by atoms with Crippen molar-refractivity contribution in [2.75, 3.05) is 12.3 Å². The predicted molar refractivity (Wildman–Crippen MR) is 76.0 cm³/mol. The monoisotopic (exact) mass is 291 g/mol. The summed E-state index contributed by atoms with van der Waals surface area (Å²) >= 11 is 1.26. The average Bonchev–Trinajstić information content (AvgIpc) is 2.88. The van der Waals surface area contributed by atoms with Crippen LogP contribution in [0.5, 0.6) is 0 Å². The summed E-state index contributed by atoms with van der Waals surface area (Å²) in [5.74, 6) is -1.30. The Hall–Kier alpha value is -2.41. The molecule has 2 rings (SSSR count). The molecule has 0 spiro atoms. The molecule has 0 aliphatic heterocycles. The van der Waals surface area contributed by atoms with E-state index in [4.69, 9.17) is 10.8 Å². The minimum atomic E-state index is -1.05. The number of amides is 1. The molecule has 1 heterocycles. The van der Waals surface area contributed by atoms with Gasteiger partial charge in [0.1, 0.15) is 0 Å². The van der Waals surface area contributed by atoms with Crippen molar-refractivity contribution in [2.24, 2.45) is 0 Å². The maximum Gasteiger partial charge on any atom is 0.355 e. The number of carbonyl (C=O) groups excluding carboxylic acids is 1. The van der Waals surface area contributed by atoms with E-state index in [-0.39, 0.29) is 11.6 Å². The van der Waals surface area contributed by atoms with E-state index >= 15 is 0 Å². The molecule has 0 unspecified atom stereocenters. The number of carbonyl (C=O) groups is 2. The largest absolute Gasteiger partial charge is 0.476 e. The lowest BCUT2D eigenvalue weighted by molar-refractivity contribution is 0.0690. The third-order valence-corrected chi connectivity index (χ3v) is 3.51. The van der Waals surface area contributed by atoms with E-state index in [2.05, 4.69) is 10.3 Å². The molecule has 7 heteroatoms. The molecule has 0 radical (unpaired) electrons. The molecule has 2 aromatic rings. The first-order valence-electron chi connectivity index (χ1n) is 5.88. The van der Waals surface area contributed by atoms with Crippen molar-refractivity contribution in [1.82, 2.24) is 10.3 Å². The fraction of sp³-hybridized carbons (Fsp3) is 0.154. The van der Waals surface area contributed by atoms with E-state index in [1.807, 2.05) is 0 Å². The van der Waals surface area contributed by atoms with Gasteiger partial charge in [0, 0.05) is 24.0 Å². The SMILES string of the molecule is Nc1ccccc1C(=O)NCCc1nc(C(=O)O)cs1. The molecular formula is C13H13N3O3S. The van der Waals surface area contributed by atoms with Crippen LogP contribution in [0.4, 0.5) is 5.69 Å². The number of hydrogen-bond donors (Lipinski definition) is 3. The van der Waals surface area contributed by atoms with Crippen LogP contribution in [0, 0.1) is 0 Å². The highest BCUT2D eigenvalue weighted by molar-refractivity contribution is 7.09. The number of aromatic nitrogens is 1. The normalized spacial score (nSPS) is 10.2. The second-order valence-electron chi connectivity index (χ2n) is 4.02. The Morgan fingerprint density at radius 1 is 1.35 bits per heavy atom. The molecule has 0 atom stereocenters. The van der Waals surface area contributed by atoms with E-state index < -0.39 is 5.97 Å². The van der Waals surface area contributed by atoms with Crippen molar-refractivity contribution in [2.45, 2.75) is 6.42 Å². The predicted octanol–water partition coefficient (Wildman–Crippen LogP) is 1.40. The highest BCUT2D eigenvalue weighted by Gasteiger charge is 2.10. The van der Waals surface area contributed by atoms with Crippen LogP contribution in [0.1, 0.15) is 25.9 Å². The number of carboxylic acid groups (broad SMARTS) is 1. The molecule has 0 fully saturated rings. The van der Waals surface area contributed by atoms with Gasteiger partial charge in [-0.3, -0.25) is 4.79 Å². The van der Waals surface area contributed by atoms with Gasteiger partial charge in [-0.1, -0.05) is 12.1 Å². The first-order valence-corrected chi connectivity index (χ1v) is 6.76. The van der Waals surface area contributed by atoms with Gasteiger partial charge in [0.2, 0.25) is 0 Å². The maximum absolute atomic E-state index is 11.9. The van der Waals surface area contributed by atoms with Gasteiger partial charge < -0.3 is 16.2 Å². The molecule has 0 saturated heterocycles. The summed E-state index contributed by atoms with van der Waals surface area (Å²) in [7, 11) is 0. The van der Waals surface area contributed by atoms with Gasteiger partial charge in [0.25, 0.3) is 5.91 Å². The summed E-state index contributed by atoms with van der Waals surface area (Å²) in [6.07, 6.45) is 0.483. The number of benzene rings is 1. The Balaban J connectivity index is 1.88. The molecule has 6 nitrogen and oxygen atoms in total. The van der Waals surface area contributed by atoms with Crippen molar-refractivity contribution in [3.63, 3.8) is 0 Å². The van der Waals surface area contributed by atoms with E-state index in [1.54, 1.807) is 24.3 Å². The number of hydrogen-bond acceptors (Lipinski definition) is 5. The first kappa shape index (κ1) is 14.0. The summed E-state index contributed by atoms with van der Waals surface area (Å²) in [5.41, 5.74) is 6.59. The maximum atomic E-state index is 11.9. The van der Waals surface area contributed by atoms with Gasteiger partial charge >= 0.3 is 5.97 Å². The fourth-order valence-corrected chi connectivity index (χ4v) is 2.38. The van der Waals surface area contributed by atoms with Crippen molar-refractivity contribution in [3.05, 3.63) is 45.9 Å². The van der Waals surface area contributed by atoms with Crippen LogP contribution in [0.25, 0.3) is 0 Å². The van der Waals surface area contributed by atoms with Gasteiger partial charge in [-0.2, -0.15) is 0 Å². The van der Waals surface area contributed by atoms with Crippen LogP contribution in [0.15, 0.2) is 29.6 Å². The lowest BCUT2D eigenvalue weighted by Gasteiger charge is -2.06. The molecule has 0 aliphatic rings. The lowest BCUT2D eigenvalue weighted by atomic mass is 10.1. The third-order valence-electron chi connectivity index (χ3n) is 2.60. The van der Waals surface area contributed by atoms with Crippen molar-refractivity contribution < 1.29 is 14.7 Å². The highest BCUT2D eigenvalue weighted by Crippen LogP contribution is 2.11. The number of thiazole rings is 1. The van der Waals surface area contributed by atoms with Crippen molar-refractivity contribution in [1.29, 1.82) is 0 Å². The zero-order valence-electron chi connectivity index (χ0n) is 10.5. The number of para-hydroxylation sites is 1. The first-order chi connectivity index (χ1) is 9.58. The molecule has 0 aliphatic carbocycles. The number of aromatic carboxylic acids is 1. The summed E-state index contributed by atoms with van der Waals surface area (Å²) in [6, 6.07) is 6.81. The number of rotatable bonds is 5. The van der Waals surface area contributed by atoms with E-state index in [0.29, 0.717) is 29.2 Å². The number of nitrogens with one attached hydrogen (secondary N) is 1. The van der Waals surface area contributed by atoms with Crippen molar-refractivity contribution in [3.8, 4) is 0 Å². The zero-order chi connectivity index (χ0) is 14.5. The molecule has 0 saturated carbocycles. The minimum absolute atomic E-state index is 0.0311. The Morgan fingerprint density at radius 2 is 2.10 bits per heavy atom. The second kappa shape index (κ2) is 6.16. The number of nitrogens with zero attached hydrogens (tertiary/aromatic N) is 1. The highest BCUT2D eigenvalue weighted by atomic mass is 32.1. The Bertz CT molecular complexity index is 639. The number of anilines is 1. The van der Waals surface area contributed by atoms with E-state index in [9.17, 15) is 9.59 Å². The molecule has 0 bridgehead atoms. The standard InChI is InChI=1S/C13H13N3O3S/c14-9-4-2-1-3-8(9)12(17)15-6-5-11-16-10(7-20-11)13(18)19/h1-4,7H,5-6,14H2,(H,15,17)(H,18,19). The molecule has 1 aromatic heterocycles. The third kappa shape index (κ3) is 3.33. The van der Waals surface area contributed by atoms with Gasteiger partial charge in [0.15, 0.2) is 5.69 Å². The summed E-state index contributed by atoms with van der Waals surface area (Å²) in [6.45, 7) is 0.375. The average molecular weight is 291 g/mol. The minimum Gasteiger partial charge on any atom is -0.476 e. The second-order valence-corrected chi connectivity index (χ2v) is 4.97. The van der Waals surface area contributed by atoms with E-state index in [0.717, 1.165) is 0 Å².